The minimum atomic E-state index is -0.360. The molecule has 0 bridgehead atoms. The van der Waals surface area contributed by atoms with Crippen LogP contribution >= 0.6 is 24.4 Å². The maximum atomic E-state index is 11.7. The molecule has 43 heavy (non-hydrogen) atoms. The molecule has 4 rings (SSSR count). The summed E-state index contributed by atoms with van der Waals surface area (Å²) in [7, 11) is 9.55. The quantitative estimate of drug-likeness (QED) is 0.0955. The molecule has 22 nitrogen and oxygen atoms in total. The molecule has 4 aromatic rings. The number of aryl methyl sites for hydroxylation is 4. The fourth-order valence-electron chi connectivity index (χ4n) is 2.94. The first-order chi connectivity index (χ1) is 15.9. The van der Waals surface area contributed by atoms with Crippen molar-refractivity contribution in [1.29, 1.82) is 0 Å². The molecule has 0 atom stereocenters. The average Bonchev–Trinajstić information content (AvgIpc) is 3.38. The normalized spacial score (nSPS) is 7.58. The van der Waals surface area contributed by atoms with Gasteiger partial charge < -0.3 is 63.8 Å². The summed E-state index contributed by atoms with van der Waals surface area (Å²) in [6, 6.07) is 0. The van der Waals surface area contributed by atoms with Gasteiger partial charge in [-0.15, -0.1) is 0 Å². The minimum Gasteiger partial charge on any atom is -0.753 e. The monoisotopic (exact) mass is 711 g/mol. The molecular weight excluding hydrogens is 671 g/mol. The van der Waals surface area contributed by atoms with Gasteiger partial charge in [0.05, 0.1) is 12.7 Å². The van der Waals surface area contributed by atoms with Gasteiger partial charge >= 0.3 is 28.2 Å². The van der Waals surface area contributed by atoms with Crippen LogP contribution in [0.25, 0.3) is 33.1 Å². The Bertz CT molecular complexity index is 1550. The first kappa shape index (κ1) is 62.6. The van der Waals surface area contributed by atoms with Crippen LogP contribution in [-0.4, -0.2) is 69.6 Å². The largest absolute Gasteiger partial charge is 2.00 e. The van der Waals surface area contributed by atoms with E-state index in [-0.39, 0.29) is 83.1 Å². The summed E-state index contributed by atoms with van der Waals surface area (Å²) in [4.78, 5) is 54.3. The van der Waals surface area contributed by atoms with E-state index in [2.05, 4.69) is 34.4 Å². The third-order valence-corrected chi connectivity index (χ3v) is 4.63. The van der Waals surface area contributed by atoms with Gasteiger partial charge in [0.1, 0.15) is 0 Å². The number of rotatable bonds is 0. The van der Waals surface area contributed by atoms with Crippen molar-refractivity contribution in [3.05, 3.63) is 65.1 Å². The number of thiocarbonyl (C=S) groups is 2. The van der Waals surface area contributed by atoms with Crippen molar-refractivity contribution >= 4 is 57.1 Å². The van der Waals surface area contributed by atoms with E-state index in [1.165, 1.54) is 46.2 Å². The Morgan fingerprint density at radius 1 is 0.581 bits per heavy atom. The molecule has 4 aromatic heterocycles. The number of isothiocyanates is 2. The van der Waals surface area contributed by atoms with Crippen LogP contribution in [0.4, 0.5) is 0 Å². The maximum Gasteiger partial charge on any atom is 2.00 e. The summed E-state index contributed by atoms with van der Waals surface area (Å²) >= 11 is 7.40. The molecule has 25 heteroatoms. The molecule has 0 aromatic carbocycles. The maximum absolute atomic E-state index is 11.7. The number of hydrogen-bond acceptors (Lipinski definition) is 8. The summed E-state index contributed by atoms with van der Waals surface area (Å²) in [5.41, 5.74) is 0.360. The van der Waals surface area contributed by atoms with Gasteiger partial charge in [-0.05, 0) is 0 Å². The molecule has 0 spiro atoms. The predicted molar refractivity (Wildman–Crippen MR) is 168 cm³/mol. The van der Waals surface area contributed by atoms with Gasteiger partial charge in [0.15, 0.2) is 22.3 Å². The molecule has 0 saturated heterocycles. The second-order valence-electron chi connectivity index (χ2n) is 6.65. The zero-order chi connectivity index (χ0) is 26.3. The van der Waals surface area contributed by atoms with Crippen LogP contribution in [0.5, 0.6) is 0 Å². The van der Waals surface area contributed by atoms with Crippen LogP contribution in [0.15, 0.2) is 31.8 Å². The zero-order valence-corrected chi connectivity index (χ0v) is 26.4. The van der Waals surface area contributed by atoms with Gasteiger partial charge in [-0.25, -0.2) is 19.6 Å². The van der Waals surface area contributed by atoms with Crippen molar-refractivity contribution in [3.8, 4) is 0 Å². The van der Waals surface area contributed by atoms with Crippen molar-refractivity contribution in [2.24, 2.45) is 42.3 Å². The molecule has 20 N–H and O–H groups in total. The molecule has 0 fully saturated rings. The summed E-state index contributed by atoms with van der Waals surface area (Å²) < 4.78 is 8.08. The first-order valence-corrected chi connectivity index (χ1v) is 9.89. The van der Waals surface area contributed by atoms with Crippen molar-refractivity contribution in [3.63, 3.8) is 0 Å². The molecule has 251 valence electrons. The Balaban J connectivity index is -0.0000000551. The second-order valence-corrected chi connectivity index (χ2v) is 7.01. The average molecular weight is 712 g/mol. The Kier molecular flexibility index (Phi) is 39.3. The molecule has 0 aliphatic carbocycles. The van der Waals surface area contributed by atoms with Crippen LogP contribution in [0.1, 0.15) is 0 Å². The number of aromatic nitrogens is 8. The van der Waals surface area contributed by atoms with E-state index in [1.807, 2.05) is 0 Å². The molecule has 1 radical (unpaired) electrons. The summed E-state index contributed by atoms with van der Waals surface area (Å²) in [6.07, 6.45) is 3.04. The fraction of sp³-hybridized carbons (Fsp3) is 0.333. The van der Waals surface area contributed by atoms with Crippen LogP contribution in [0.2, 0.25) is 0 Å². The van der Waals surface area contributed by atoms with Gasteiger partial charge in [-0.3, -0.25) is 27.9 Å². The number of fused-ring (bicyclic) bond motifs is 2. The van der Waals surface area contributed by atoms with Gasteiger partial charge in [-0.1, -0.05) is 24.4 Å². The van der Waals surface area contributed by atoms with E-state index in [0.29, 0.717) is 22.3 Å². The zero-order valence-electron chi connectivity index (χ0n) is 23.7. The number of hydrogen-bond donors (Lipinski definition) is 0. The molecular formula is C18H40CoN10O12S2+4. The Morgan fingerprint density at radius 3 is 1.00 bits per heavy atom. The SMILES string of the molecule is Cn1c(=O)c2c(ncn2C)n(C)c1=O.Cn1c(=O)c2c(ncn2C)n(C)c1=O.O.O.O.O.[Co+2].[N-]=C=S.[N-]=C=S.[OH3+].[OH3+].[OH3+].[OH3+]. The van der Waals surface area contributed by atoms with Gasteiger partial charge in [-0.2, -0.15) is 10.3 Å². The van der Waals surface area contributed by atoms with Gasteiger partial charge in [0, 0.05) is 42.3 Å². The van der Waals surface area contributed by atoms with Crippen molar-refractivity contribution < 1.29 is 60.6 Å². The van der Waals surface area contributed by atoms with Crippen molar-refractivity contribution in [2.75, 3.05) is 0 Å². The van der Waals surface area contributed by atoms with Crippen LogP contribution < -0.4 is 22.5 Å². The van der Waals surface area contributed by atoms with Crippen LogP contribution in [0, 0.1) is 0 Å². The fourth-order valence-corrected chi connectivity index (χ4v) is 2.94. The standard InChI is InChI=1S/2C8H10N4O2.2CNS.Co.8H2O/c2*1-10-4-9-6-5(10)7(13)12(3)8(14)11(6)2;2*2-1-3;;;;;;;;;/h2*4H,1-3H3;;;;8*1H2/q;;2*-1;+2;;;;;;;;/p+4. The van der Waals surface area contributed by atoms with Crippen molar-refractivity contribution in [2.45, 2.75) is 0 Å². The second kappa shape index (κ2) is 27.0. The summed E-state index contributed by atoms with van der Waals surface area (Å²) in [5, 5.41) is 16.9. The first-order valence-electron chi connectivity index (χ1n) is 9.07. The Labute approximate surface area is 262 Å². The van der Waals surface area contributed by atoms with E-state index >= 15 is 0 Å². The van der Waals surface area contributed by atoms with E-state index in [1.54, 1.807) is 37.3 Å². The summed E-state index contributed by atoms with van der Waals surface area (Å²) in [5.74, 6) is 0. The van der Waals surface area contributed by atoms with E-state index in [4.69, 9.17) is 10.8 Å². The molecule has 0 aliphatic rings. The minimum absolute atomic E-state index is 0. The van der Waals surface area contributed by atoms with E-state index < -0.39 is 0 Å². The molecule has 0 amide bonds. The summed E-state index contributed by atoms with van der Waals surface area (Å²) in [6.45, 7) is 0. The Hall–Kier alpha value is -3.91. The van der Waals surface area contributed by atoms with E-state index in [0.717, 1.165) is 9.13 Å². The van der Waals surface area contributed by atoms with Crippen LogP contribution in [-0.2, 0) is 81.0 Å². The molecule has 0 saturated carbocycles. The third-order valence-electron chi connectivity index (χ3n) is 4.63. The molecule has 0 unspecified atom stereocenters. The number of nitrogens with zero attached hydrogens (tertiary/aromatic N) is 10. The number of imidazole rings is 2. The Morgan fingerprint density at radius 2 is 0.791 bits per heavy atom. The van der Waals surface area contributed by atoms with Crippen molar-refractivity contribution in [1.82, 2.24) is 37.4 Å². The topological polar surface area (TPSA) is 426 Å². The van der Waals surface area contributed by atoms with Gasteiger partial charge in [0.25, 0.3) is 11.1 Å². The predicted octanol–water partition coefficient (Wildman–Crippen LogP) is -7.73. The molecule has 4 heterocycles. The van der Waals surface area contributed by atoms with E-state index in [9.17, 15) is 19.2 Å². The smallest absolute Gasteiger partial charge is 0.753 e. The third kappa shape index (κ3) is 12.9. The van der Waals surface area contributed by atoms with Gasteiger partial charge in [0.2, 0.25) is 0 Å². The molecule has 0 aliphatic heterocycles. The van der Waals surface area contributed by atoms with Crippen LogP contribution in [0.3, 0.4) is 0 Å².